The van der Waals surface area contributed by atoms with E-state index in [1.807, 2.05) is 50.2 Å². The lowest BCUT2D eigenvalue weighted by Crippen LogP contribution is -2.15. The van der Waals surface area contributed by atoms with E-state index in [4.69, 9.17) is 0 Å². The molecular formula is C18H19N3O2S. The first-order chi connectivity index (χ1) is 11.4. The number of aromatic amines is 1. The third-order valence-electron chi connectivity index (χ3n) is 3.70. The predicted octanol–water partition coefficient (Wildman–Crippen LogP) is 3.64. The highest BCUT2D eigenvalue weighted by atomic mass is 32.2. The lowest BCUT2D eigenvalue weighted by atomic mass is 10.1. The van der Waals surface area contributed by atoms with E-state index in [0.29, 0.717) is 5.69 Å². The van der Waals surface area contributed by atoms with Crippen LogP contribution in [0.15, 0.2) is 54.9 Å². The van der Waals surface area contributed by atoms with Crippen molar-refractivity contribution in [1.82, 2.24) is 9.97 Å². The zero-order valence-electron chi connectivity index (χ0n) is 13.6. The summed E-state index contributed by atoms with van der Waals surface area (Å²) in [6.45, 7) is 3.89. The summed E-state index contributed by atoms with van der Waals surface area (Å²) in [6.07, 6.45) is 1.64. The zero-order chi connectivity index (χ0) is 17.2. The summed E-state index contributed by atoms with van der Waals surface area (Å²) in [6, 6.07) is 14.7. The number of hydrogen-bond acceptors (Lipinski definition) is 3. The van der Waals surface area contributed by atoms with Crippen LogP contribution in [0.3, 0.4) is 0 Å². The number of benzene rings is 2. The van der Waals surface area contributed by atoms with Gasteiger partial charge in [-0.2, -0.15) is 0 Å². The molecule has 0 aliphatic carbocycles. The molecule has 6 heteroatoms. The predicted molar refractivity (Wildman–Crippen MR) is 96.2 cm³/mol. The molecule has 1 aromatic heterocycles. The molecule has 5 nitrogen and oxygen atoms in total. The van der Waals surface area contributed by atoms with Crippen LogP contribution in [0.5, 0.6) is 0 Å². The molecule has 1 heterocycles. The number of nitrogens with one attached hydrogen (secondary N) is 2. The molecule has 0 unspecified atom stereocenters. The molecule has 0 atom stereocenters. The third kappa shape index (κ3) is 3.83. The Balaban J connectivity index is 1.74. The van der Waals surface area contributed by atoms with Gasteiger partial charge in [-0.05, 0) is 31.5 Å². The van der Waals surface area contributed by atoms with Crippen molar-refractivity contribution in [1.29, 1.82) is 0 Å². The first-order valence-corrected chi connectivity index (χ1v) is 9.25. The molecule has 0 bridgehead atoms. The van der Waals surface area contributed by atoms with Gasteiger partial charge in [0, 0.05) is 16.9 Å². The Bertz CT molecular complexity index is 944. The van der Waals surface area contributed by atoms with Gasteiger partial charge in [0.05, 0.1) is 17.8 Å². The van der Waals surface area contributed by atoms with Gasteiger partial charge in [-0.3, -0.25) is 4.72 Å². The highest BCUT2D eigenvalue weighted by molar-refractivity contribution is 7.91. The molecule has 0 spiro atoms. The van der Waals surface area contributed by atoms with Crippen molar-refractivity contribution >= 4 is 15.7 Å². The highest BCUT2D eigenvalue weighted by Crippen LogP contribution is 2.22. The summed E-state index contributed by atoms with van der Waals surface area (Å²) in [5, 5.41) is 0. The largest absolute Gasteiger partial charge is 0.348 e. The minimum atomic E-state index is -3.45. The topological polar surface area (TPSA) is 74.8 Å². The average molecular weight is 341 g/mol. The second kappa shape index (κ2) is 6.49. The third-order valence-corrected chi connectivity index (χ3v) is 4.96. The van der Waals surface area contributed by atoms with Crippen molar-refractivity contribution in [3.05, 3.63) is 71.7 Å². The Morgan fingerprint density at radius 1 is 1.08 bits per heavy atom. The van der Waals surface area contributed by atoms with Gasteiger partial charge < -0.3 is 4.98 Å². The molecule has 0 aliphatic rings. The molecule has 3 aromatic rings. The van der Waals surface area contributed by atoms with Gasteiger partial charge in [0.25, 0.3) is 0 Å². The van der Waals surface area contributed by atoms with Gasteiger partial charge in [0.1, 0.15) is 0 Å². The minimum absolute atomic E-state index is 0.0467. The number of sulfonamides is 1. The maximum atomic E-state index is 12.3. The van der Waals surface area contributed by atoms with Crippen LogP contribution in [0.1, 0.15) is 16.8 Å². The van der Waals surface area contributed by atoms with Crippen molar-refractivity contribution in [3.8, 4) is 11.3 Å². The first-order valence-electron chi connectivity index (χ1n) is 7.59. The number of imidazole rings is 1. The maximum absolute atomic E-state index is 12.3. The van der Waals surface area contributed by atoms with Crippen LogP contribution >= 0.6 is 0 Å². The van der Waals surface area contributed by atoms with Crippen molar-refractivity contribution < 1.29 is 8.42 Å². The minimum Gasteiger partial charge on any atom is -0.348 e. The van der Waals surface area contributed by atoms with Crippen LogP contribution in [0.2, 0.25) is 0 Å². The fourth-order valence-corrected chi connectivity index (χ4v) is 3.77. The average Bonchev–Trinajstić information content (AvgIpc) is 2.93. The molecule has 2 N–H and O–H groups in total. The van der Waals surface area contributed by atoms with Crippen molar-refractivity contribution in [2.45, 2.75) is 19.6 Å². The van der Waals surface area contributed by atoms with Crippen LogP contribution < -0.4 is 4.72 Å². The van der Waals surface area contributed by atoms with Gasteiger partial charge >= 0.3 is 0 Å². The van der Waals surface area contributed by atoms with Crippen LogP contribution in [0.25, 0.3) is 11.3 Å². The smallest absolute Gasteiger partial charge is 0.236 e. The molecule has 2 aromatic carbocycles. The van der Waals surface area contributed by atoms with Crippen molar-refractivity contribution in [3.63, 3.8) is 0 Å². The summed E-state index contributed by atoms with van der Waals surface area (Å²) >= 11 is 0. The summed E-state index contributed by atoms with van der Waals surface area (Å²) in [5.41, 5.74) is 5.13. The van der Waals surface area contributed by atoms with Crippen LogP contribution in [-0.2, 0) is 15.8 Å². The second-order valence-electron chi connectivity index (χ2n) is 5.80. The fourth-order valence-electron chi connectivity index (χ4n) is 2.58. The van der Waals surface area contributed by atoms with Gasteiger partial charge in [0.15, 0.2) is 0 Å². The van der Waals surface area contributed by atoms with E-state index in [1.165, 1.54) is 0 Å². The normalized spacial score (nSPS) is 11.4. The lowest BCUT2D eigenvalue weighted by molar-refractivity contribution is 0.600. The summed E-state index contributed by atoms with van der Waals surface area (Å²) in [7, 11) is -3.45. The molecule has 24 heavy (non-hydrogen) atoms. The Kier molecular flexibility index (Phi) is 4.40. The molecule has 3 rings (SSSR count). The number of H-pyrrole nitrogens is 1. The van der Waals surface area contributed by atoms with Gasteiger partial charge in [0.2, 0.25) is 10.0 Å². The maximum Gasteiger partial charge on any atom is 0.236 e. The highest BCUT2D eigenvalue weighted by Gasteiger charge is 2.12. The summed E-state index contributed by atoms with van der Waals surface area (Å²) in [4.78, 5) is 7.29. The molecule has 124 valence electrons. The van der Waals surface area contributed by atoms with E-state index in [2.05, 4.69) is 14.7 Å². The van der Waals surface area contributed by atoms with E-state index in [1.54, 1.807) is 18.5 Å². The number of anilines is 1. The summed E-state index contributed by atoms with van der Waals surface area (Å²) < 4.78 is 27.3. The summed E-state index contributed by atoms with van der Waals surface area (Å²) in [5.74, 6) is -0.0467. The zero-order valence-corrected chi connectivity index (χ0v) is 14.4. The first kappa shape index (κ1) is 16.3. The van der Waals surface area contributed by atoms with Crippen LogP contribution in [0.4, 0.5) is 5.69 Å². The Morgan fingerprint density at radius 2 is 1.83 bits per heavy atom. The van der Waals surface area contributed by atoms with Gasteiger partial charge in [-0.25, -0.2) is 13.4 Å². The molecule has 0 radical (unpaired) electrons. The Labute approximate surface area is 141 Å². The molecule has 0 saturated carbocycles. The number of aromatic nitrogens is 2. The standard InChI is InChI=1S/C18H19N3O2S/c1-13-4-3-5-15(10-13)11-24(22,23)21-17-8-6-16(7-9-17)18-14(2)19-12-20-18/h3-10,12,21H,11H2,1-2H3,(H,19,20). The van der Waals surface area contributed by atoms with Gasteiger partial charge in [-0.1, -0.05) is 42.0 Å². The monoisotopic (exact) mass is 341 g/mol. The van der Waals surface area contributed by atoms with Crippen molar-refractivity contribution in [2.24, 2.45) is 0 Å². The van der Waals surface area contributed by atoms with E-state index in [0.717, 1.165) is 28.1 Å². The van der Waals surface area contributed by atoms with E-state index in [-0.39, 0.29) is 5.75 Å². The lowest BCUT2D eigenvalue weighted by Gasteiger charge is -2.09. The van der Waals surface area contributed by atoms with Gasteiger partial charge in [-0.15, -0.1) is 0 Å². The fraction of sp³-hybridized carbons (Fsp3) is 0.167. The molecule has 0 amide bonds. The number of hydrogen-bond donors (Lipinski definition) is 2. The van der Waals surface area contributed by atoms with E-state index in [9.17, 15) is 8.42 Å². The molecule has 0 saturated heterocycles. The quantitative estimate of drug-likeness (QED) is 0.744. The van der Waals surface area contributed by atoms with Crippen LogP contribution in [-0.4, -0.2) is 18.4 Å². The number of nitrogens with zero attached hydrogens (tertiary/aromatic N) is 1. The van der Waals surface area contributed by atoms with Crippen LogP contribution in [0, 0.1) is 13.8 Å². The van der Waals surface area contributed by atoms with Crippen molar-refractivity contribution in [2.75, 3.05) is 4.72 Å². The van der Waals surface area contributed by atoms with E-state index < -0.39 is 10.0 Å². The molecular weight excluding hydrogens is 322 g/mol. The molecule has 0 aliphatic heterocycles. The number of rotatable bonds is 5. The SMILES string of the molecule is Cc1cccc(CS(=O)(=O)Nc2ccc(-c3nc[nH]c3C)cc2)c1. The Morgan fingerprint density at radius 3 is 2.46 bits per heavy atom. The van der Waals surface area contributed by atoms with E-state index >= 15 is 0 Å². The second-order valence-corrected chi connectivity index (χ2v) is 7.53. The Hall–Kier alpha value is -2.60. The molecule has 0 fully saturated rings. The number of aryl methyl sites for hydroxylation is 2.